The van der Waals surface area contributed by atoms with Gasteiger partial charge >= 0.3 is 0 Å². The highest BCUT2D eigenvalue weighted by Crippen LogP contribution is 2.14. The molecule has 0 bridgehead atoms. The van der Waals surface area contributed by atoms with Gasteiger partial charge in [-0.15, -0.1) is 0 Å². The van der Waals surface area contributed by atoms with Crippen molar-refractivity contribution in [2.24, 2.45) is 0 Å². The number of nitrogens with zero attached hydrogens (tertiary/aromatic N) is 3. The molecule has 2 aromatic carbocycles. The molecule has 0 spiro atoms. The standard InChI is InChI=1S/C19H15F2N3O2/c20-16-6-5-15(11-17(16)21)19(26)24-9-7-23(8-10-24)18(25)14-3-1-13(12-22)2-4-14/h1-6,11H,7-10H2. The van der Waals surface area contributed by atoms with Crippen molar-refractivity contribution < 1.29 is 18.4 Å². The fourth-order valence-electron chi connectivity index (χ4n) is 2.79. The molecule has 5 nitrogen and oxygen atoms in total. The molecule has 0 radical (unpaired) electrons. The monoisotopic (exact) mass is 355 g/mol. The van der Waals surface area contributed by atoms with Crippen LogP contribution in [0.4, 0.5) is 8.78 Å². The molecule has 1 saturated heterocycles. The molecule has 26 heavy (non-hydrogen) atoms. The molecule has 1 aliphatic rings. The zero-order valence-electron chi connectivity index (χ0n) is 13.8. The van der Waals surface area contributed by atoms with Crippen molar-refractivity contribution in [1.82, 2.24) is 9.80 Å². The fourth-order valence-corrected chi connectivity index (χ4v) is 2.79. The molecule has 132 valence electrons. The van der Waals surface area contributed by atoms with Crippen LogP contribution in [-0.4, -0.2) is 47.8 Å². The van der Waals surface area contributed by atoms with E-state index in [1.807, 2.05) is 6.07 Å². The Morgan fingerprint density at radius 3 is 1.81 bits per heavy atom. The summed E-state index contributed by atoms with van der Waals surface area (Å²) in [4.78, 5) is 28.0. The van der Waals surface area contributed by atoms with Crippen molar-refractivity contribution in [3.8, 4) is 6.07 Å². The lowest BCUT2D eigenvalue weighted by molar-refractivity contribution is 0.0535. The number of halogens is 2. The molecule has 0 aliphatic carbocycles. The SMILES string of the molecule is N#Cc1ccc(C(=O)N2CCN(C(=O)c3ccc(F)c(F)c3)CC2)cc1. The molecule has 0 aromatic heterocycles. The van der Waals surface area contributed by atoms with Crippen LogP contribution in [0, 0.1) is 23.0 Å². The molecule has 0 N–H and O–H groups in total. The van der Waals surface area contributed by atoms with Gasteiger partial charge in [-0.25, -0.2) is 8.78 Å². The second-order valence-electron chi connectivity index (χ2n) is 5.90. The van der Waals surface area contributed by atoms with E-state index in [2.05, 4.69) is 0 Å². The van der Waals surface area contributed by atoms with Crippen LogP contribution in [0.25, 0.3) is 0 Å². The van der Waals surface area contributed by atoms with Gasteiger partial charge in [-0.3, -0.25) is 9.59 Å². The van der Waals surface area contributed by atoms with E-state index in [1.165, 1.54) is 11.0 Å². The molecule has 7 heteroatoms. The highest BCUT2D eigenvalue weighted by atomic mass is 19.2. The van der Waals surface area contributed by atoms with E-state index in [0.29, 0.717) is 37.3 Å². The summed E-state index contributed by atoms with van der Waals surface area (Å²) in [5.74, 6) is -2.63. The van der Waals surface area contributed by atoms with Gasteiger partial charge in [-0.1, -0.05) is 0 Å². The molecule has 1 aliphatic heterocycles. The summed E-state index contributed by atoms with van der Waals surface area (Å²) in [6.45, 7) is 1.29. The third-order valence-corrected chi connectivity index (χ3v) is 4.28. The number of carbonyl (C=O) groups excluding carboxylic acids is 2. The van der Waals surface area contributed by atoms with E-state index in [-0.39, 0.29) is 11.5 Å². The zero-order valence-corrected chi connectivity index (χ0v) is 13.8. The Balaban J connectivity index is 1.63. The van der Waals surface area contributed by atoms with E-state index in [1.54, 1.807) is 29.2 Å². The second kappa shape index (κ2) is 7.31. The summed E-state index contributed by atoms with van der Waals surface area (Å²) < 4.78 is 26.3. The minimum Gasteiger partial charge on any atom is -0.335 e. The average Bonchev–Trinajstić information content (AvgIpc) is 2.69. The maximum atomic E-state index is 13.3. The van der Waals surface area contributed by atoms with E-state index in [4.69, 9.17) is 5.26 Å². The van der Waals surface area contributed by atoms with Crippen molar-refractivity contribution in [1.29, 1.82) is 5.26 Å². The summed E-state index contributed by atoms with van der Waals surface area (Å²) in [7, 11) is 0. The number of benzene rings is 2. The van der Waals surface area contributed by atoms with Gasteiger partial charge in [0.25, 0.3) is 11.8 Å². The summed E-state index contributed by atoms with van der Waals surface area (Å²) in [6.07, 6.45) is 0. The quantitative estimate of drug-likeness (QED) is 0.831. The third kappa shape index (κ3) is 3.54. The van der Waals surface area contributed by atoms with Crippen LogP contribution in [0.15, 0.2) is 42.5 Å². The van der Waals surface area contributed by atoms with Crippen molar-refractivity contribution in [3.63, 3.8) is 0 Å². The van der Waals surface area contributed by atoms with Crippen LogP contribution in [0.3, 0.4) is 0 Å². The van der Waals surface area contributed by atoms with Gasteiger partial charge < -0.3 is 9.80 Å². The Bertz CT molecular complexity index is 883. The van der Waals surface area contributed by atoms with Gasteiger partial charge in [0.2, 0.25) is 0 Å². The summed E-state index contributed by atoms with van der Waals surface area (Å²) in [5, 5.41) is 8.80. The predicted octanol–water partition coefficient (Wildman–Crippen LogP) is 2.43. The summed E-state index contributed by atoms with van der Waals surface area (Å²) in [5.41, 5.74) is 1.03. The van der Waals surface area contributed by atoms with Crippen molar-refractivity contribution in [3.05, 3.63) is 70.8 Å². The minimum absolute atomic E-state index is 0.0794. The van der Waals surface area contributed by atoms with Gasteiger partial charge in [0.05, 0.1) is 11.6 Å². The highest BCUT2D eigenvalue weighted by Gasteiger charge is 2.26. The highest BCUT2D eigenvalue weighted by molar-refractivity contribution is 5.96. The minimum atomic E-state index is -1.06. The van der Waals surface area contributed by atoms with Crippen LogP contribution in [0.1, 0.15) is 26.3 Å². The first kappa shape index (κ1) is 17.5. The number of hydrogen-bond donors (Lipinski definition) is 0. The number of hydrogen-bond acceptors (Lipinski definition) is 3. The lowest BCUT2D eigenvalue weighted by Crippen LogP contribution is -2.50. The van der Waals surface area contributed by atoms with E-state index < -0.39 is 17.5 Å². The van der Waals surface area contributed by atoms with Crippen molar-refractivity contribution >= 4 is 11.8 Å². The van der Waals surface area contributed by atoms with Gasteiger partial charge in [0.15, 0.2) is 11.6 Å². The number of nitriles is 1. The Morgan fingerprint density at radius 1 is 0.808 bits per heavy atom. The predicted molar refractivity (Wildman–Crippen MR) is 89.3 cm³/mol. The van der Waals surface area contributed by atoms with Crippen LogP contribution in [-0.2, 0) is 0 Å². The lowest BCUT2D eigenvalue weighted by Gasteiger charge is -2.34. The zero-order chi connectivity index (χ0) is 18.7. The number of carbonyl (C=O) groups is 2. The molecule has 2 amide bonds. The van der Waals surface area contributed by atoms with E-state index >= 15 is 0 Å². The summed E-state index contributed by atoms with van der Waals surface area (Å²) >= 11 is 0. The summed E-state index contributed by atoms with van der Waals surface area (Å²) in [6, 6.07) is 11.4. The molecular weight excluding hydrogens is 340 g/mol. The maximum Gasteiger partial charge on any atom is 0.254 e. The van der Waals surface area contributed by atoms with E-state index in [0.717, 1.165) is 12.1 Å². The van der Waals surface area contributed by atoms with E-state index in [9.17, 15) is 18.4 Å². The molecule has 0 unspecified atom stereocenters. The van der Waals surface area contributed by atoms with Crippen molar-refractivity contribution in [2.45, 2.75) is 0 Å². The second-order valence-corrected chi connectivity index (χ2v) is 5.90. The molecule has 1 fully saturated rings. The first-order chi connectivity index (χ1) is 12.5. The molecule has 1 heterocycles. The first-order valence-corrected chi connectivity index (χ1v) is 8.03. The smallest absolute Gasteiger partial charge is 0.254 e. The number of rotatable bonds is 2. The fraction of sp³-hybridized carbons (Fsp3) is 0.211. The average molecular weight is 355 g/mol. The molecule has 0 saturated carbocycles. The Morgan fingerprint density at radius 2 is 1.31 bits per heavy atom. The van der Waals surface area contributed by atoms with Gasteiger partial charge in [-0.05, 0) is 42.5 Å². The Hall–Kier alpha value is -3.27. The van der Waals surface area contributed by atoms with Gasteiger partial charge in [-0.2, -0.15) is 5.26 Å². The molecule has 0 atom stereocenters. The number of piperazine rings is 1. The van der Waals surface area contributed by atoms with Crippen LogP contribution in [0.5, 0.6) is 0 Å². The van der Waals surface area contributed by atoms with Crippen LogP contribution >= 0.6 is 0 Å². The van der Waals surface area contributed by atoms with Crippen molar-refractivity contribution in [2.75, 3.05) is 26.2 Å². The third-order valence-electron chi connectivity index (χ3n) is 4.28. The Labute approximate surface area is 149 Å². The van der Waals surface area contributed by atoms with Crippen LogP contribution < -0.4 is 0 Å². The molecular formula is C19H15F2N3O2. The normalized spacial score (nSPS) is 14.0. The maximum absolute atomic E-state index is 13.3. The van der Waals surface area contributed by atoms with Crippen LogP contribution in [0.2, 0.25) is 0 Å². The molecule has 2 aromatic rings. The lowest BCUT2D eigenvalue weighted by atomic mass is 10.1. The Kier molecular flexibility index (Phi) is 4.94. The first-order valence-electron chi connectivity index (χ1n) is 8.03. The number of amides is 2. The topological polar surface area (TPSA) is 64.4 Å². The van der Waals surface area contributed by atoms with Gasteiger partial charge in [0, 0.05) is 37.3 Å². The van der Waals surface area contributed by atoms with Gasteiger partial charge in [0.1, 0.15) is 0 Å². The molecule has 3 rings (SSSR count). The largest absolute Gasteiger partial charge is 0.335 e.